The second-order valence-corrected chi connectivity index (χ2v) is 6.23. The van der Waals surface area contributed by atoms with Gasteiger partial charge in [0.1, 0.15) is 11.5 Å². The lowest BCUT2D eigenvalue weighted by Gasteiger charge is -2.10. The molecule has 0 atom stereocenters. The molecule has 9 heteroatoms. The fraction of sp³-hybridized carbons (Fsp3) is 0. The van der Waals surface area contributed by atoms with Crippen LogP contribution in [0, 0.1) is 0 Å². The normalized spacial score (nSPS) is 11.1. The molecular weight excluding hydrogens is 432 g/mol. The Morgan fingerprint density at radius 1 is 1.04 bits per heavy atom. The van der Waals surface area contributed by atoms with E-state index in [4.69, 9.17) is 8.83 Å². The maximum atomic E-state index is 12.6. The van der Waals surface area contributed by atoms with Gasteiger partial charge in [0.05, 0.1) is 12.2 Å². The molecule has 0 spiro atoms. The summed E-state index contributed by atoms with van der Waals surface area (Å²) in [7, 11) is 0. The van der Waals surface area contributed by atoms with Crippen LogP contribution in [-0.2, 0) is 4.79 Å². The molecule has 28 heavy (non-hydrogen) atoms. The van der Waals surface area contributed by atoms with E-state index in [1.54, 1.807) is 18.2 Å². The van der Waals surface area contributed by atoms with Gasteiger partial charge in [-0.1, -0.05) is 12.1 Å². The first-order valence-electron chi connectivity index (χ1n) is 7.87. The first-order valence-corrected chi connectivity index (χ1v) is 8.66. The van der Waals surface area contributed by atoms with E-state index in [1.165, 1.54) is 42.7 Å². The van der Waals surface area contributed by atoms with E-state index in [2.05, 4.69) is 26.6 Å². The molecule has 0 saturated carbocycles. The van der Waals surface area contributed by atoms with E-state index in [0.29, 0.717) is 16.1 Å². The van der Waals surface area contributed by atoms with Gasteiger partial charge in [0.25, 0.3) is 11.8 Å². The topological polar surface area (TPSA) is 125 Å². The summed E-state index contributed by atoms with van der Waals surface area (Å²) in [6.07, 6.45) is 2.77. The van der Waals surface area contributed by atoms with Crippen molar-refractivity contribution >= 4 is 45.5 Å². The predicted octanol–water partition coefficient (Wildman–Crippen LogP) is 2.41. The van der Waals surface area contributed by atoms with Crippen LogP contribution in [0.5, 0.6) is 0 Å². The number of carboxylic acids is 1. The van der Waals surface area contributed by atoms with Crippen molar-refractivity contribution in [3.05, 3.63) is 82.2 Å². The third-order valence-corrected chi connectivity index (χ3v) is 3.92. The minimum atomic E-state index is -1.33. The first kappa shape index (κ1) is 19.2. The summed E-state index contributed by atoms with van der Waals surface area (Å²) in [6.45, 7) is 0. The number of hydrogen-bond acceptors (Lipinski definition) is 6. The van der Waals surface area contributed by atoms with Crippen LogP contribution in [0.1, 0.15) is 26.7 Å². The summed E-state index contributed by atoms with van der Waals surface area (Å²) in [5.41, 5.74) is 0.202. The van der Waals surface area contributed by atoms with Gasteiger partial charge in [-0.05, 0) is 57.9 Å². The summed E-state index contributed by atoms with van der Waals surface area (Å²) < 4.78 is 10.7. The molecule has 0 aliphatic rings. The maximum Gasteiger partial charge on any atom is 0.291 e. The van der Waals surface area contributed by atoms with Gasteiger partial charge in [-0.25, -0.2) is 0 Å². The monoisotopic (exact) mass is 443 g/mol. The number of halogens is 1. The van der Waals surface area contributed by atoms with E-state index in [1.807, 2.05) is 0 Å². The van der Waals surface area contributed by atoms with Crippen LogP contribution < -0.4 is 15.7 Å². The van der Waals surface area contributed by atoms with Gasteiger partial charge in [0, 0.05) is 11.8 Å². The zero-order chi connectivity index (χ0) is 20.1. The number of amides is 2. The molecule has 3 aromatic rings. The van der Waals surface area contributed by atoms with Crippen LogP contribution in [0.4, 0.5) is 5.69 Å². The molecule has 1 aromatic carbocycles. The van der Waals surface area contributed by atoms with Crippen molar-refractivity contribution in [2.45, 2.75) is 0 Å². The highest BCUT2D eigenvalue weighted by Crippen LogP contribution is 2.16. The minimum absolute atomic E-state index is 0.00308. The van der Waals surface area contributed by atoms with Crippen LogP contribution in [0.15, 0.2) is 74.0 Å². The molecule has 0 aliphatic heterocycles. The summed E-state index contributed by atoms with van der Waals surface area (Å²) in [5.74, 6) is -2.25. The largest absolute Gasteiger partial charge is 0.545 e. The predicted molar refractivity (Wildman–Crippen MR) is 100.0 cm³/mol. The number of hydrogen-bond donors (Lipinski definition) is 2. The molecule has 0 aliphatic carbocycles. The van der Waals surface area contributed by atoms with Crippen LogP contribution in [0.25, 0.3) is 6.08 Å². The third kappa shape index (κ3) is 4.77. The van der Waals surface area contributed by atoms with Gasteiger partial charge in [0.15, 0.2) is 10.4 Å². The quantitative estimate of drug-likeness (QED) is 0.563. The second kappa shape index (κ2) is 8.40. The number of carbonyl (C=O) groups is 3. The molecule has 0 bridgehead atoms. The Morgan fingerprint density at radius 3 is 2.36 bits per heavy atom. The lowest BCUT2D eigenvalue weighted by molar-refractivity contribution is -0.255. The highest BCUT2D eigenvalue weighted by atomic mass is 79.9. The van der Waals surface area contributed by atoms with Crippen molar-refractivity contribution in [1.82, 2.24) is 5.32 Å². The Morgan fingerprint density at radius 2 is 1.79 bits per heavy atom. The van der Waals surface area contributed by atoms with Gasteiger partial charge >= 0.3 is 0 Å². The van der Waals surface area contributed by atoms with E-state index in [9.17, 15) is 19.5 Å². The number of carboxylic acid groups (broad SMARTS) is 1. The smallest absolute Gasteiger partial charge is 0.291 e. The van der Waals surface area contributed by atoms with Crippen molar-refractivity contribution in [1.29, 1.82) is 0 Å². The molecule has 142 valence electrons. The standard InChI is InChI=1S/C19H13BrN2O6/c20-16-8-7-15(28-16)18(24)22-14(10-13-2-1-9-27-13)17(23)21-12-5-3-11(4-6-12)19(25)26/h1-10H,(H,21,23)(H,22,24)(H,25,26)/p-1/b14-10-. The lowest BCUT2D eigenvalue weighted by Crippen LogP contribution is -2.30. The second-order valence-electron chi connectivity index (χ2n) is 5.45. The summed E-state index contributed by atoms with van der Waals surface area (Å²) in [6, 6.07) is 11.6. The Kier molecular flexibility index (Phi) is 5.75. The van der Waals surface area contributed by atoms with Crippen LogP contribution in [0.3, 0.4) is 0 Å². The Hall–Kier alpha value is -3.59. The number of rotatable bonds is 6. The number of carbonyl (C=O) groups excluding carboxylic acids is 3. The Labute approximate surface area is 167 Å². The van der Waals surface area contributed by atoms with Gasteiger partial charge in [0.2, 0.25) is 0 Å². The summed E-state index contributed by atoms with van der Waals surface area (Å²) in [5, 5.41) is 15.8. The summed E-state index contributed by atoms with van der Waals surface area (Å²) >= 11 is 3.10. The molecule has 2 N–H and O–H groups in total. The zero-order valence-electron chi connectivity index (χ0n) is 14.1. The number of benzene rings is 1. The maximum absolute atomic E-state index is 12.6. The fourth-order valence-corrected chi connectivity index (χ4v) is 2.49. The van der Waals surface area contributed by atoms with E-state index >= 15 is 0 Å². The number of furan rings is 2. The van der Waals surface area contributed by atoms with E-state index < -0.39 is 17.8 Å². The van der Waals surface area contributed by atoms with Crippen molar-refractivity contribution in [3.63, 3.8) is 0 Å². The van der Waals surface area contributed by atoms with Crippen molar-refractivity contribution in [3.8, 4) is 0 Å². The van der Waals surface area contributed by atoms with Crippen molar-refractivity contribution in [2.24, 2.45) is 0 Å². The van der Waals surface area contributed by atoms with Crippen molar-refractivity contribution in [2.75, 3.05) is 5.32 Å². The fourth-order valence-electron chi connectivity index (χ4n) is 2.18. The zero-order valence-corrected chi connectivity index (χ0v) is 15.7. The molecule has 2 amide bonds. The Balaban J connectivity index is 1.80. The number of aromatic carboxylic acids is 1. The third-order valence-electron chi connectivity index (χ3n) is 3.50. The highest BCUT2D eigenvalue weighted by molar-refractivity contribution is 9.10. The SMILES string of the molecule is O=C(Nc1ccc(C(=O)[O-])cc1)/C(=C/c1ccco1)NC(=O)c1ccc(Br)o1. The first-order chi connectivity index (χ1) is 13.4. The van der Waals surface area contributed by atoms with Crippen molar-refractivity contribution < 1.29 is 28.3 Å². The lowest BCUT2D eigenvalue weighted by atomic mass is 10.2. The molecule has 3 rings (SSSR count). The molecule has 0 saturated heterocycles. The molecule has 0 unspecified atom stereocenters. The van der Waals surface area contributed by atoms with Gasteiger partial charge < -0.3 is 29.4 Å². The van der Waals surface area contributed by atoms with Gasteiger partial charge in [-0.2, -0.15) is 0 Å². The van der Waals surface area contributed by atoms with E-state index in [-0.39, 0.29) is 17.0 Å². The average molecular weight is 444 g/mol. The van der Waals surface area contributed by atoms with Crippen LogP contribution >= 0.6 is 15.9 Å². The van der Waals surface area contributed by atoms with Crippen LogP contribution in [0.2, 0.25) is 0 Å². The Bertz CT molecular complexity index is 1030. The number of anilines is 1. The molecule has 0 fully saturated rings. The molecule has 8 nitrogen and oxygen atoms in total. The van der Waals surface area contributed by atoms with E-state index in [0.717, 1.165) is 0 Å². The van der Waals surface area contributed by atoms with Gasteiger partial charge in [-0.3, -0.25) is 9.59 Å². The number of nitrogens with one attached hydrogen (secondary N) is 2. The average Bonchev–Trinajstić information content (AvgIpc) is 3.33. The minimum Gasteiger partial charge on any atom is -0.545 e. The van der Waals surface area contributed by atoms with Gasteiger partial charge in [-0.15, -0.1) is 0 Å². The molecular formula is C19H12BrN2O6-. The van der Waals surface area contributed by atoms with Crippen LogP contribution in [-0.4, -0.2) is 17.8 Å². The summed E-state index contributed by atoms with van der Waals surface area (Å²) in [4.78, 5) is 35.7. The molecule has 0 radical (unpaired) electrons. The molecule has 2 aromatic heterocycles. The molecule has 2 heterocycles. The highest BCUT2D eigenvalue weighted by Gasteiger charge is 2.18.